The summed E-state index contributed by atoms with van der Waals surface area (Å²) >= 11 is 0. The smallest absolute Gasteiger partial charge is 0.163 e. The maximum Gasteiger partial charge on any atom is 0.163 e. The Bertz CT molecular complexity index is 418. The van der Waals surface area contributed by atoms with Crippen LogP contribution in [0.5, 0.6) is 0 Å². The fourth-order valence-electron chi connectivity index (χ4n) is 3.99. The molecule has 0 amide bonds. The minimum atomic E-state index is -0.253. The third kappa shape index (κ3) is 4.10. The monoisotopic (exact) mass is 318 g/mol. The Morgan fingerprint density at radius 1 is 0.870 bits per heavy atom. The van der Waals surface area contributed by atoms with E-state index in [-0.39, 0.29) is 36.3 Å². The Morgan fingerprint density at radius 2 is 1.26 bits per heavy atom. The summed E-state index contributed by atoms with van der Waals surface area (Å²) < 4.78 is 18.0. The Balaban J connectivity index is 2.00. The standard InChI is InChI=1S/C20H30O3/c1-7-13(3)17-9-11-21-19(15(17)5)23-20-16(6)18(10-12-22-20)14(4)8-2/h1-2,13-20H,9-12H2,3-6H3. The van der Waals surface area contributed by atoms with Gasteiger partial charge < -0.3 is 14.2 Å². The minimum Gasteiger partial charge on any atom is -0.352 e. The van der Waals surface area contributed by atoms with Gasteiger partial charge in [-0.1, -0.05) is 27.7 Å². The average Bonchev–Trinajstić information content (AvgIpc) is 2.57. The molecule has 2 aliphatic heterocycles. The van der Waals surface area contributed by atoms with E-state index in [2.05, 4.69) is 39.5 Å². The lowest BCUT2D eigenvalue weighted by molar-refractivity contribution is -0.307. The highest BCUT2D eigenvalue weighted by atomic mass is 16.8. The molecule has 0 aliphatic carbocycles. The van der Waals surface area contributed by atoms with E-state index in [4.69, 9.17) is 27.1 Å². The molecule has 0 spiro atoms. The lowest BCUT2D eigenvalue weighted by atomic mass is 9.79. The molecule has 0 aromatic carbocycles. The molecular weight excluding hydrogens is 288 g/mol. The van der Waals surface area contributed by atoms with Gasteiger partial charge in [0.1, 0.15) is 0 Å². The maximum atomic E-state index is 6.22. The van der Waals surface area contributed by atoms with Crippen LogP contribution in [0.4, 0.5) is 0 Å². The molecule has 23 heavy (non-hydrogen) atoms. The van der Waals surface area contributed by atoms with Gasteiger partial charge in [0, 0.05) is 23.7 Å². The first kappa shape index (κ1) is 18.3. The second kappa shape index (κ2) is 8.20. The van der Waals surface area contributed by atoms with Crippen molar-refractivity contribution in [3.05, 3.63) is 0 Å². The van der Waals surface area contributed by atoms with Crippen LogP contribution in [0.1, 0.15) is 40.5 Å². The predicted octanol–water partition coefficient (Wildman–Crippen LogP) is 3.54. The molecule has 0 aromatic heterocycles. The Kier molecular flexibility index (Phi) is 6.54. The van der Waals surface area contributed by atoms with E-state index >= 15 is 0 Å². The average molecular weight is 318 g/mol. The van der Waals surface area contributed by atoms with E-state index in [1.165, 1.54) is 0 Å². The van der Waals surface area contributed by atoms with Gasteiger partial charge in [-0.15, -0.1) is 24.7 Å². The lowest BCUT2D eigenvalue weighted by Crippen LogP contribution is -2.46. The zero-order chi connectivity index (χ0) is 17.0. The molecule has 128 valence electrons. The van der Waals surface area contributed by atoms with E-state index < -0.39 is 0 Å². The fourth-order valence-corrected chi connectivity index (χ4v) is 3.99. The van der Waals surface area contributed by atoms with Crippen LogP contribution in [-0.2, 0) is 14.2 Å². The largest absolute Gasteiger partial charge is 0.352 e. The van der Waals surface area contributed by atoms with Gasteiger partial charge in [0.05, 0.1) is 13.2 Å². The number of ether oxygens (including phenoxy) is 3. The fraction of sp³-hybridized carbons (Fsp3) is 0.800. The van der Waals surface area contributed by atoms with E-state index in [0.717, 1.165) is 12.8 Å². The van der Waals surface area contributed by atoms with Gasteiger partial charge >= 0.3 is 0 Å². The number of terminal acetylenes is 2. The summed E-state index contributed by atoms with van der Waals surface area (Å²) in [6.07, 6.45) is 12.7. The second-order valence-electron chi connectivity index (χ2n) is 7.15. The van der Waals surface area contributed by atoms with E-state index in [1.54, 1.807) is 0 Å². The third-order valence-electron chi connectivity index (χ3n) is 5.75. The third-order valence-corrected chi connectivity index (χ3v) is 5.75. The summed E-state index contributed by atoms with van der Waals surface area (Å²) in [7, 11) is 0. The van der Waals surface area contributed by atoms with Gasteiger partial charge in [0.25, 0.3) is 0 Å². The van der Waals surface area contributed by atoms with Crippen LogP contribution in [0.15, 0.2) is 0 Å². The van der Waals surface area contributed by atoms with Crippen molar-refractivity contribution >= 4 is 0 Å². The van der Waals surface area contributed by atoms with Crippen molar-refractivity contribution in [2.45, 2.75) is 53.1 Å². The van der Waals surface area contributed by atoms with Gasteiger partial charge in [0.2, 0.25) is 0 Å². The summed E-state index contributed by atoms with van der Waals surface area (Å²) in [5.74, 6) is 7.57. The zero-order valence-corrected chi connectivity index (χ0v) is 14.8. The van der Waals surface area contributed by atoms with Gasteiger partial charge in [0.15, 0.2) is 12.6 Å². The topological polar surface area (TPSA) is 27.7 Å². The summed E-state index contributed by atoms with van der Waals surface area (Å²) in [5.41, 5.74) is 0. The number of rotatable bonds is 4. The van der Waals surface area contributed by atoms with Gasteiger partial charge in [-0.05, 0) is 24.7 Å². The Morgan fingerprint density at radius 3 is 1.61 bits per heavy atom. The molecule has 3 nitrogen and oxygen atoms in total. The summed E-state index contributed by atoms with van der Waals surface area (Å²) in [6.45, 7) is 9.92. The normalized spacial score (nSPS) is 40.6. The zero-order valence-electron chi connectivity index (χ0n) is 14.8. The second-order valence-corrected chi connectivity index (χ2v) is 7.15. The number of hydrogen-bond acceptors (Lipinski definition) is 3. The van der Waals surface area contributed by atoms with Crippen LogP contribution in [0, 0.1) is 60.2 Å². The Labute approximate surface area is 141 Å². The van der Waals surface area contributed by atoms with Crippen LogP contribution in [-0.4, -0.2) is 25.8 Å². The highest BCUT2D eigenvalue weighted by molar-refractivity contribution is 4.98. The summed E-state index contributed by atoms with van der Waals surface area (Å²) in [6, 6.07) is 0. The highest BCUT2D eigenvalue weighted by Gasteiger charge is 2.40. The molecule has 0 radical (unpaired) electrons. The molecule has 0 bridgehead atoms. The van der Waals surface area contributed by atoms with Crippen LogP contribution >= 0.6 is 0 Å². The number of hydrogen-bond donors (Lipinski definition) is 0. The molecule has 0 saturated carbocycles. The highest BCUT2D eigenvalue weighted by Crippen LogP contribution is 2.37. The van der Waals surface area contributed by atoms with E-state index in [0.29, 0.717) is 25.0 Å². The van der Waals surface area contributed by atoms with Crippen LogP contribution in [0.3, 0.4) is 0 Å². The van der Waals surface area contributed by atoms with Crippen molar-refractivity contribution in [3.8, 4) is 24.7 Å². The molecule has 2 aliphatic rings. The lowest BCUT2D eigenvalue weighted by Gasteiger charge is -2.43. The summed E-state index contributed by atoms with van der Waals surface area (Å²) in [4.78, 5) is 0. The molecule has 0 N–H and O–H groups in total. The SMILES string of the molecule is C#CC(C)C1CCOC(OC2OCCC(C(C)C#C)C2C)C1C. The first-order valence-corrected chi connectivity index (χ1v) is 8.80. The molecule has 2 saturated heterocycles. The van der Waals surface area contributed by atoms with Crippen LogP contribution in [0.25, 0.3) is 0 Å². The van der Waals surface area contributed by atoms with Crippen molar-refractivity contribution in [2.24, 2.45) is 35.5 Å². The molecular formula is C20H30O3. The quantitative estimate of drug-likeness (QED) is 0.742. The first-order chi connectivity index (χ1) is 11.0. The van der Waals surface area contributed by atoms with Crippen molar-refractivity contribution < 1.29 is 14.2 Å². The maximum absolute atomic E-state index is 6.22. The molecule has 2 fully saturated rings. The van der Waals surface area contributed by atoms with Crippen molar-refractivity contribution in [1.29, 1.82) is 0 Å². The van der Waals surface area contributed by atoms with Crippen molar-refractivity contribution in [3.63, 3.8) is 0 Å². The minimum absolute atomic E-state index is 0.235. The molecule has 0 aromatic rings. The van der Waals surface area contributed by atoms with Crippen molar-refractivity contribution in [1.82, 2.24) is 0 Å². The van der Waals surface area contributed by atoms with Crippen LogP contribution < -0.4 is 0 Å². The van der Waals surface area contributed by atoms with Crippen molar-refractivity contribution in [2.75, 3.05) is 13.2 Å². The summed E-state index contributed by atoms with van der Waals surface area (Å²) in [5, 5.41) is 0. The van der Waals surface area contributed by atoms with E-state index in [1.807, 2.05) is 0 Å². The molecule has 2 rings (SSSR count). The first-order valence-electron chi connectivity index (χ1n) is 8.80. The van der Waals surface area contributed by atoms with E-state index in [9.17, 15) is 0 Å². The van der Waals surface area contributed by atoms with Gasteiger partial charge in [-0.25, -0.2) is 0 Å². The predicted molar refractivity (Wildman–Crippen MR) is 91.1 cm³/mol. The molecule has 8 atom stereocenters. The van der Waals surface area contributed by atoms with Gasteiger partial charge in [-0.2, -0.15) is 0 Å². The molecule has 8 unspecified atom stereocenters. The molecule has 3 heteroatoms. The van der Waals surface area contributed by atoms with Gasteiger partial charge in [-0.3, -0.25) is 0 Å². The Hall–Kier alpha value is -1.00. The molecule has 2 heterocycles. The van der Waals surface area contributed by atoms with Crippen LogP contribution in [0.2, 0.25) is 0 Å².